The van der Waals surface area contributed by atoms with Crippen molar-refractivity contribution in [1.29, 1.82) is 0 Å². The molecule has 14 heavy (non-hydrogen) atoms. The summed E-state index contributed by atoms with van der Waals surface area (Å²) in [6.45, 7) is 2.76. The van der Waals surface area contributed by atoms with Crippen LogP contribution >= 0.6 is 11.6 Å². The molecule has 0 aliphatic heterocycles. The molecule has 4 heteroatoms. The van der Waals surface area contributed by atoms with Gasteiger partial charge >= 0.3 is 0 Å². The lowest BCUT2D eigenvalue weighted by Gasteiger charge is -2.02. The highest BCUT2D eigenvalue weighted by Crippen LogP contribution is 2.23. The maximum absolute atomic E-state index is 5.62. The number of benzene rings is 1. The molecule has 0 unspecified atom stereocenters. The van der Waals surface area contributed by atoms with Gasteiger partial charge in [0.05, 0.1) is 6.61 Å². The Morgan fingerprint density at radius 1 is 1.50 bits per heavy atom. The van der Waals surface area contributed by atoms with E-state index in [-0.39, 0.29) is 5.35 Å². The van der Waals surface area contributed by atoms with Gasteiger partial charge in [0.15, 0.2) is 5.58 Å². The lowest BCUT2D eigenvalue weighted by Crippen LogP contribution is -1.94. The summed E-state index contributed by atoms with van der Waals surface area (Å²) >= 11 is 5.62. The van der Waals surface area contributed by atoms with E-state index in [9.17, 15) is 0 Å². The summed E-state index contributed by atoms with van der Waals surface area (Å²) in [6, 6.07) is 5.48. The molecule has 0 aliphatic rings. The molecule has 3 nitrogen and oxygen atoms in total. The van der Waals surface area contributed by atoms with Crippen LogP contribution < -0.4 is 4.74 Å². The Labute approximate surface area is 86.6 Å². The number of nitrogens with zero attached hydrogens (tertiary/aromatic N) is 1. The van der Waals surface area contributed by atoms with Crippen molar-refractivity contribution in [2.45, 2.75) is 13.3 Å². The van der Waals surface area contributed by atoms with E-state index >= 15 is 0 Å². The predicted octanol–water partition coefficient (Wildman–Crippen LogP) is 3.27. The molecular formula is C10H10ClNO2. The normalized spacial score (nSPS) is 10.7. The van der Waals surface area contributed by atoms with Gasteiger partial charge in [-0.1, -0.05) is 6.92 Å². The van der Waals surface area contributed by atoms with Crippen molar-refractivity contribution >= 4 is 22.7 Å². The Morgan fingerprint density at radius 3 is 3.14 bits per heavy atom. The molecule has 2 aromatic rings. The minimum Gasteiger partial charge on any atom is -0.493 e. The molecule has 74 valence electrons. The molecule has 1 aromatic heterocycles. The zero-order valence-electron chi connectivity index (χ0n) is 7.79. The van der Waals surface area contributed by atoms with Crippen LogP contribution in [0.1, 0.15) is 13.3 Å². The van der Waals surface area contributed by atoms with E-state index in [2.05, 4.69) is 11.9 Å². The third kappa shape index (κ3) is 1.82. The fraction of sp³-hybridized carbons (Fsp3) is 0.300. The van der Waals surface area contributed by atoms with E-state index in [1.165, 1.54) is 0 Å². The van der Waals surface area contributed by atoms with Gasteiger partial charge in [-0.2, -0.15) is 4.98 Å². The molecule has 0 radical (unpaired) electrons. The Bertz CT molecular complexity index is 439. The van der Waals surface area contributed by atoms with Crippen LogP contribution in [0.25, 0.3) is 11.1 Å². The summed E-state index contributed by atoms with van der Waals surface area (Å²) in [5.41, 5.74) is 1.41. The van der Waals surface area contributed by atoms with Gasteiger partial charge < -0.3 is 9.15 Å². The second kappa shape index (κ2) is 3.88. The molecular weight excluding hydrogens is 202 g/mol. The van der Waals surface area contributed by atoms with E-state index < -0.39 is 0 Å². The van der Waals surface area contributed by atoms with E-state index in [1.54, 1.807) is 6.07 Å². The van der Waals surface area contributed by atoms with Gasteiger partial charge in [-0.15, -0.1) is 0 Å². The first kappa shape index (κ1) is 9.34. The number of oxazole rings is 1. The van der Waals surface area contributed by atoms with Gasteiger partial charge in [0.2, 0.25) is 0 Å². The van der Waals surface area contributed by atoms with Gasteiger partial charge in [0.25, 0.3) is 5.35 Å². The molecule has 0 N–H and O–H groups in total. The lowest BCUT2D eigenvalue weighted by atomic mass is 10.3. The number of halogens is 1. The maximum atomic E-state index is 5.62. The summed E-state index contributed by atoms with van der Waals surface area (Å²) < 4.78 is 10.6. The summed E-state index contributed by atoms with van der Waals surface area (Å²) in [4.78, 5) is 3.98. The van der Waals surface area contributed by atoms with Crippen molar-refractivity contribution in [1.82, 2.24) is 4.98 Å². The molecule has 0 amide bonds. The van der Waals surface area contributed by atoms with Crippen LogP contribution in [0.5, 0.6) is 5.75 Å². The maximum Gasteiger partial charge on any atom is 0.293 e. The monoisotopic (exact) mass is 211 g/mol. The molecule has 0 saturated heterocycles. The number of fused-ring (bicyclic) bond motifs is 1. The smallest absolute Gasteiger partial charge is 0.293 e. The topological polar surface area (TPSA) is 35.3 Å². The van der Waals surface area contributed by atoms with Gasteiger partial charge in [0.1, 0.15) is 11.3 Å². The fourth-order valence-electron chi connectivity index (χ4n) is 1.19. The van der Waals surface area contributed by atoms with Crippen LogP contribution in [-0.2, 0) is 0 Å². The van der Waals surface area contributed by atoms with E-state index in [0.29, 0.717) is 12.2 Å². The minimum atomic E-state index is 0.160. The SMILES string of the molecule is CCCOc1ccc2nc(Cl)oc2c1. The molecule has 0 saturated carbocycles. The molecule has 0 spiro atoms. The molecule has 0 fully saturated rings. The molecule has 2 rings (SSSR count). The standard InChI is InChI=1S/C10H10ClNO2/c1-2-5-13-7-3-4-8-9(6-7)14-10(11)12-8/h3-4,6H,2,5H2,1H3. The number of hydrogen-bond donors (Lipinski definition) is 0. The molecule has 1 aromatic carbocycles. The molecule has 1 heterocycles. The van der Waals surface area contributed by atoms with Crippen LogP contribution in [0.4, 0.5) is 0 Å². The van der Waals surface area contributed by atoms with Crippen LogP contribution in [-0.4, -0.2) is 11.6 Å². The average Bonchev–Trinajstić information content (AvgIpc) is 2.54. The highest BCUT2D eigenvalue weighted by Gasteiger charge is 2.04. The minimum absolute atomic E-state index is 0.160. The third-order valence-corrected chi connectivity index (χ3v) is 1.97. The van der Waals surface area contributed by atoms with E-state index in [0.717, 1.165) is 17.7 Å². The zero-order valence-corrected chi connectivity index (χ0v) is 8.54. The van der Waals surface area contributed by atoms with Crippen LogP contribution in [0, 0.1) is 0 Å². The Hall–Kier alpha value is -1.22. The third-order valence-electron chi connectivity index (χ3n) is 1.81. The van der Waals surface area contributed by atoms with Crippen molar-refractivity contribution in [2.75, 3.05) is 6.61 Å². The second-order valence-electron chi connectivity index (χ2n) is 2.94. The van der Waals surface area contributed by atoms with Gasteiger partial charge in [-0.25, -0.2) is 0 Å². The summed E-state index contributed by atoms with van der Waals surface area (Å²) in [5.74, 6) is 0.784. The van der Waals surface area contributed by atoms with Gasteiger partial charge in [-0.05, 0) is 30.2 Å². The average molecular weight is 212 g/mol. The van der Waals surface area contributed by atoms with Gasteiger partial charge in [-0.3, -0.25) is 0 Å². The Kier molecular flexibility index (Phi) is 2.59. The Morgan fingerprint density at radius 2 is 2.36 bits per heavy atom. The van der Waals surface area contributed by atoms with Crippen LogP contribution in [0.3, 0.4) is 0 Å². The number of ether oxygens (including phenoxy) is 1. The summed E-state index contributed by atoms with van der Waals surface area (Å²) in [7, 11) is 0. The van der Waals surface area contributed by atoms with Crippen molar-refractivity contribution in [3.63, 3.8) is 0 Å². The van der Waals surface area contributed by atoms with Crippen LogP contribution in [0.2, 0.25) is 5.35 Å². The second-order valence-corrected chi connectivity index (χ2v) is 3.27. The summed E-state index contributed by atoms with van der Waals surface area (Å²) in [6.07, 6.45) is 0.981. The van der Waals surface area contributed by atoms with Crippen molar-refractivity contribution in [3.8, 4) is 5.75 Å². The van der Waals surface area contributed by atoms with Crippen molar-refractivity contribution < 1.29 is 9.15 Å². The zero-order chi connectivity index (χ0) is 9.97. The highest BCUT2D eigenvalue weighted by atomic mass is 35.5. The predicted molar refractivity (Wildman–Crippen MR) is 54.8 cm³/mol. The first-order valence-corrected chi connectivity index (χ1v) is 4.86. The number of rotatable bonds is 3. The van der Waals surface area contributed by atoms with Crippen molar-refractivity contribution in [2.24, 2.45) is 0 Å². The largest absolute Gasteiger partial charge is 0.493 e. The molecule has 0 bridgehead atoms. The summed E-state index contributed by atoms with van der Waals surface area (Å²) in [5, 5.41) is 0.160. The quantitative estimate of drug-likeness (QED) is 0.782. The number of hydrogen-bond acceptors (Lipinski definition) is 3. The molecule has 0 aliphatic carbocycles. The molecule has 0 atom stereocenters. The first-order valence-electron chi connectivity index (χ1n) is 4.48. The first-order chi connectivity index (χ1) is 6.79. The number of aromatic nitrogens is 1. The fourth-order valence-corrected chi connectivity index (χ4v) is 1.36. The Balaban J connectivity index is 2.31. The lowest BCUT2D eigenvalue weighted by molar-refractivity contribution is 0.317. The van der Waals surface area contributed by atoms with Crippen LogP contribution in [0.15, 0.2) is 22.6 Å². The van der Waals surface area contributed by atoms with E-state index in [1.807, 2.05) is 12.1 Å². The van der Waals surface area contributed by atoms with E-state index in [4.69, 9.17) is 20.8 Å². The highest BCUT2D eigenvalue weighted by molar-refractivity contribution is 6.28. The van der Waals surface area contributed by atoms with Gasteiger partial charge in [0, 0.05) is 6.07 Å². The van der Waals surface area contributed by atoms with Crippen molar-refractivity contribution in [3.05, 3.63) is 23.5 Å².